The topological polar surface area (TPSA) is 63.4 Å². The molecule has 82 valence electrons. The van der Waals surface area contributed by atoms with Crippen molar-refractivity contribution in [3.8, 4) is 0 Å². The Balaban J connectivity index is 1.99. The second-order valence-corrected chi connectivity index (χ2v) is 7.16. The van der Waals surface area contributed by atoms with Crippen molar-refractivity contribution in [2.24, 2.45) is 5.73 Å². The molecule has 0 aromatic carbocycles. The zero-order chi connectivity index (χ0) is 10.4. The van der Waals surface area contributed by atoms with Crippen LogP contribution >= 0.6 is 0 Å². The predicted molar refractivity (Wildman–Crippen MR) is 55.8 cm³/mol. The van der Waals surface area contributed by atoms with Crippen molar-refractivity contribution < 1.29 is 8.42 Å². The van der Waals surface area contributed by atoms with E-state index in [0.717, 1.165) is 25.9 Å². The number of sulfone groups is 1. The van der Waals surface area contributed by atoms with Gasteiger partial charge in [0.15, 0.2) is 9.84 Å². The minimum Gasteiger partial charge on any atom is -0.324 e. The number of rotatable bonds is 1. The summed E-state index contributed by atoms with van der Waals surface area (Å²) in [5.74, 6) is 0.693. The molecule has 2 fully saturated rings. The van der Waals surface area contributed by atoms with Crippen LogP contribution in [0, 0.1) is 0 Å². The number of hydrogen-bond donors (Lipinski definition) is 1. The summed E-state index contributed by atoms with van der Waals surface area (Å²) in [5.41, 5.74) is 5.89. The average Bonchev–Trinajstić information content (AvgIpc) is 2.54. The van der Waals surface area contributed by atoms with Gasteiger partial charge in [-0.25, -0.2) is 8.42 Å². The Morgan fingerprint density at radius 1 is 1.50 bits per heavy atom. The van der Waals surface area contributed by atoms with E-state index in [1.54, 1.807) is 0 Å². The van der Waals surface area contributed by atoms with E-state index in [9.17, 15) is 8.42 Å². The highest BCUT2D eigenvalue weighted by Crippen LogP contribution is 2.25. The highest BCUT2D eigenvalue weighted by Gasteiger charge is 2.38. The predicted octanol–water partition coefficient (Wildman–Crippen LogP) is -0.403. The van der Waals surface area contributed by atoms with Gasteiger partial charge in [0.05, 0.1) is 11.5 Å². The van der Waals surface area contributed by atoms with Gasteiger partial charge in [-0.15, -0.1) is 0 Å². The maximum atomic E-state index is 11.3. The van der Waals surface area contributed by atoms with E-state index in [1.807, 2.05) is 6.92 Å². The van der Waals surface area contributed by atoms with Crippen LogP contribution in [0.3, 0.4) is 0 Å². The van der Waals surface area contributed by atoms with Gasteiger partial charge in [0, 0.05) is 24.7 Å². The Kier molecular flexibility index (Phi) is 2.36. The SMILES string of the molecule is CC1(N)CCN(C2CCS(=O)(=O)C2)C1. The first-order chi connectivity index (χ1) is 6.38. The Morgan fingerprint density at radius 2 is 2.21 bits per heavy atom. The van der Waals surface area contributed by atoms with Gasteiger partial charge in [0.25, 0.3) is 0 Å². The van der Waals surface area contributed by atoms with Crippen molar-refractivity contribution in [2.45, 2.75) is 31.3 Å². The average molecular weight is 218 g/mol. The molecule has 2 heterocycles. The van der Waals surface area contributed by atoms with Gasteiger partial charge in [-0.2, -0.15) is 0 Å². The van der Waals surface area contributed by atoms with Crippen LogP contribution in [0.25, 0.3) is 0 Å². The van der Waals surface area contributed by atoms with Crippen LogP contribution in [-0.4, -0.2) is 49.5 Å². The number of likely N-dealkylation sites (tertiary alicyclic amines) is 1. The lowest BCUT2D eigenvalue weighted by molar-refractivity contribution is 0.249. The molecule has 0 spiro atoms. The van der Waals surface area contributed by atoms with Crippen LogP contribution in [0.2, 0.25) is 0 Å². The second kappa shape index (κ2) is 3.18. The van der Waals surface area contributed by atoms with Gasteiger partial charge in [-0.05, 0) is 19.8 Å². The van der Waals surface area contributed by atoms with Crippen LogP contribution in [0.4, 0.5) is 0 Å². The summed E-state index contributed by atoms with van der Waals surface area (Å²) in [6.45, 7) is 3.83. The molecule has 4 nitrogen and oxygen atoms in total. The molecule has 0 amide bonds. The normalized spacial score (nSPS) is 43.1. The summed E-state index contributed by atoms with van der Waals surface area (Å²) >= 11 is 0. The van der Waals surface area contributed by atoms with Crippen molar-refractivity contribution >= 4 is 9.84 Å². The lowest BCUT2D eigenvalue weighted by Crippen LogP contribution is -2.42. The minimum absolute atomic E-state index is 0.119. The molecule has 2 N–H and O–H groups in total. The summed E-state index contributed by atoms with van der Waals surface area (Å²) < 4.78 is 22.6. The van der Waals surface area contributed by atoms with E-state index in [1.165, 1.54) is 0 Å². The molecule has 0 aromatic rings. The Hall–Kier alpha value is -0.130. The fraction of sp³-hybridized carbons (Fsp3) is 1.00. The van der Waals surface area contributed by atoms with Crippen molar-refractivity contribution in [3.63, 3.8) is 0 Å². The zero-order valence-electron chi connectivity index (χ0n) is 8.57. The number of nitrogens with zero attached hydrogens (tertiary/aromatic N) is 1. The van der Waals surface area contributed by atoms with Crippen LogP contribution < -0.4 is 5.73 Å². The van der Waals surface area contributed by atoms with Crippen LogP contribution in [0.15, 0.2) is 0 Å². The lowest BCUT2D eigenvalue weighted by atomic mass is 10.0. The third kappa shape index (κ3) is 2.10. The Bertz CT molecular complexity index is 324. The van der Waals surface area contributed by atoms with E-state index in [-0.39, 0.29) is 11.6 Å². The van der Waals surface area contributed by atoms with Crippen molar-refractivity contribution in [2.75, 3.05) is 24.6 Å². The monoisotopic (exact) mass is 218 g/mol. The van der Waals surface area contributed by atoms with Gasteiger partial charge < -0.3 is 5.73 Å². The first-order valence-corrected chi connectivity index (χ1v) is 6.93. The van der Waals surface area contributed by atoms with Gasteiger partial charge in [-0.1, -0.05) is 0 Å². The van der Waals surface area contributed by atoms with Crippen LogP contribution in [0.1, 0.15) is 19.8 Å². The van der Waals surface area contributed by atoms with Gasteiger partial charge >= 0.3 is 0 Å². The highest BCUT2D eigenvalue weighted by atomic mass is 32.2. The second-order valence-electron chi connectivity index (χ2n) is 4.93. The molecule has 2 rings (SSSR count). The summed E-state index contributed by atoms with van der Waals surface area (Å²) in [6.07, 6.45) is 1.77. The van der Waals surface area contributed by atoms with E-state index in [4.69, 9.17) is 5.73 Å². The quantitative estimate of drug-likeness (QED) is 0.650. The molecule has 2 atom stereocenters. The molecule has 2 aliphatic heterocycles. The third-order valence-electron chi connectivity index (χ3n) is 3.26. The molecule has 5 heteroatoms. The maximum Gasteiger partial charge on any atom is 0.151 e. The smallest absolute Gasteiger partial charge is 0.151 e. The fourth-order valence-electron chi connectivity index (χ4n) is 2.40. The maximum absolute atomic E-state index is 11.3. The summed E-state index contributed by atoms with van der Waals surface area (Å²) in [6, 6.07) is 0.227. The summed E-state index contributed by atoms with van der Waals surface area (Å²) in [7, 11) is -2.75. The Labute approximate surface area is 85.4 Å². The molecule has 0 bridgehead atoms. The van der Waals surface area contributed by atoms with Crippen LogP contribution in [-0.2, 0) is 9.84 Å². The standard InChI is InChI=1S/C9H18N2O2S/c1-9(10)3-4-11(7-9)8-2-5-14(12,13)6-8/h8H,2-7,10H2,1H3. The first kappa shape index (κ1) is 10.4. The fourth-order valence-corrected chi connectivity index (χ4v) is 4.16. The molecule has 0 aromatic heterocycles. The van der Waals surface area contributed by atoms with E-state index in [2.05, 4.69) is 4.90 Å². The van der Waals surface area contributed by atoms with Gasteiger partial charge in [0.2, 0.25) is 0 Å². The molecule has 2 saturated heterocycles. The van der Waals surface area contributed by atoms with E-state index in [0.29, 0.717) is 11.5 Å². The Morgan fingerprint density at radius 3 is 2.64 bits per heavy atom. The molecule has 0 saturated carbocycles. The van der Waals surface area contributed by atoms with E-state index < -0.39 is 9.84 Å². The number of hydrogen-bond acceptors (Lipinski definition) is 4. The lowest BCUT2D eigenvalue weighted by Gasteiger charge is -2.24. The molecule has 0 aliphatic carbocycles. The van der Waals surface area contributed by atoms with Gasteiger partial charge in [-0.3, -0.25) is 4.90 Å². The summed E-state index contributed by atoms with van der Waals surface area (Å²) in [4.78, 5) is 2.24. The largest absolute Gasteiger partial charge is 0.324 e. The van der Waals surface area contributed by atoms with Crippen LogP contribution in [0.5, 0.6) is 0 Å². The summed E-state index contributed by atoms with van der Waals surface area (Å²) in [5, 5.41) is 0. The van der Waals surface area contributed by atoms with Crippen molar-refractivity contribution in [1.29, 1.82) is 0 Å². The molecular formula is C9H18N2O2S. The van der Waals surface area contributed by atoms with E-state index >= 15 is 0 Å². The van der Waals surface area contributed by atoms with Gasteiger partial charge in [0.1, 0.15) is 0 Å². The first-order valence-electron chi connectivity index (χ1n) is 5.11. The molecule has 2 unspecified atom stereocenters. The third-order valence-corrected chi connectivity index (χ3v) is 5.01. The zero-order valence-corrected chi connectivity index (χ0v) is 9.39. The van der Waals surface area contributed by atoms with Crippen molar-refractivity contribution in [3.05, 3.63) is 0 Å². The molecule has 14 heavy (non-hydrogen) atoms. The minimum atomic E-state index is -2.75. The molecule has 2 aliphatic rings. The number of nitrogens with two attached hydrogens (primary N) is 1. The molecule has 0 radical (unpaired) electrons. The highest BCUT2D eigenvalue weighted by molar-refractivity contribution is 7.91. The molecular weight excluding hydrogens is 200 g/mol. The van der Waals surface area contributed by atoms with Crippen molar-refractivity contribution in [1.82, 2.24) is 4.90 Å².